The minimum absolute atomic E-state index is 0.103. The maximum absolute atomic E-state index is 12.3. The van der Waals surface area contributed by atoms with E-state index >= 15 is 0 Å². The van der Waals surface area contributed by atoms with E-state index in [9.17, 15) is 9.90 Å². The second-order valence-corrected chi connectivity index (χ2v) is 5.38. The summed E-state index contributed by atoms with van der Waals surface area (Å²) in [5.41, 5.74) is -0.198. The van der Waals surface area contributed by atoms with Crippen LogP contribution in [0.4, 0.5) is 0 Å². The Kier molecular flexibility index (Phi) is 3.42. The lowest BCUT2D eigenvalue weighted by molar-refractivity contribution is -0.0860. The molecule has 2 aromatic rings. The second-order valence-electron chi connectivity index (χ2n) is 5.38. The monoisotopic (exact) mass is 287 g/mol. The van der Waals surface area contributed by atoms with Crippen LogP contribution in [0.25, 0.3) is 5.82 Å². The van der Waals surface area contributed by atoms with E-state index in [4.69, 9.17) is 0 Å². The van der Waals surface area contributed by atoms with E-state index in [-0.39, 0.29) is 5.91 Å². The number of pyridine rings is 1. The Morgan fingerprint density at radius 1 is 1.43 bits per heavy atom. The highest BCUT2D eigenvalue weighted by molar-refractivity contribution is 5.94. The van der Waals surface area contributed by atoms with Gasteiger partial charge >= 0.3 is 0 Å². The van der Waals surface area contributed by atoms with Crippen LogP contribution in [0.5, 0.6) is 0 Å². The molecule has 0 radical (unpaired) electrons. The SMILES string of the molecule is CCCC1(O)CN(C(=O)c2ccc(-n3cncn3)nc2)C1. The van der Waals surface area contributed by atoms with Crippen molar-refractivity contribution in [2.45, 2.75) is 25.4 Å². The standard InChI is InChI=1S/C14H17N5O2/c1-2-5-14(21)7-18(8-14)13(20)11-3-4-12(16-6-11)19-10-15-9-17-19/h3-4,6,9-10,21H,2,5,7-8H2,1H3. The number of carbonyl (C=O) groups is 1. The molecular weight excluding hydrogens is 270 g/mol. The number of hydrogen-bond acceptors (Lipinski definition) is 5. The van der Waals surface area contributed by atoms with Crippen LogP contribution < -0.4 is 0 Å². The highest BCUT2D eigenvalue weighted by atomic mass is 16.3. The second kappa shape index (κ2) is 5.25. The number of aliphatic hydroxyl groups is 1. The first-order chi connectivity index (χ1) is 10.1. The molecule has 21 heavy (non-hydrogen) atoms. The van der Waals surface area contributed by atoms with Crippen molar-refractivity contribution in [3.05, 3.63) is 36.5 Å². The van der Waals surface area contributed by atoms with E-state index in [1.54, 1.807) is 23.4 Å². The number of amides is 1. The van der Waals surface area contributed by atoms with Crippen molar-refractivity contribution >= 4 is 5.91 Å². The highest BCUT2D eigenvalue weighted by Crippen LogP contribution is 2.27. The molecule has 1 aliphatic heterocycles. The van der Waals surface area contributed by atoms with Gasteiger partial charge in [-0.3, -0.25) is 4.79 Å². The van der Waals surface area contributed by atoms with Gasteiger partial charge in [-0.25, -0.2) is 14.6 Å². The molecule has 1 amide bonds. The Morgan fingerprint density at radius 2 is 2.24 bits per heavy atom. The number of likely N-dealkylation sites (tertiary alicyclic amines) is 1. The molecule has 0 bridgehead atoms. The van der Waals surface area contributed by atoms with Crippen LogP contribution in [0.3, 0.4) is 0 Å². The van der Waals surface area contributed by atoms with E-state index in [0.29, 0.717) is 24.5 Å². The molecule has 0 aliphatic carbocycles. The van der Waals surface area contributed by atoms with Crippen LogP contribution in [0.2, 0.25) is 0 Å². The molecular formula is C14H17N5O2. The average molecular weight is 287 g/mol. The Labute approximate surface area is 122 Å². The van der Waals surface area contributed by atoms with Gasteiger partial charge in [0, 0.05) is 6.20 Å². The first-order valence-electron chi connectivity index (χ1n) is 6.94. The van der Waals surface area contributed by atoms with Crippen LogP contribution in [0.1, 0.15) is 30.1 Å². The van der Waals surface area contributed by atoms with E-state index in [1.807, 2.05) is 6.92 Å². The number of β-amino-alcohol motifs (C(OH)–C–C–N with tert-alkyl or cyclic N) is 1. The number of hydrogen-bond donors (Lipinski definition) is 1. The van der Waals surface area contributed by atoms with E-state index in [0.717, 1.165) is 12.8 Å². The Bertz CT molecular complexity index is 617. The van der Waals surface area contributed by atoms with Crippen molar-refractivity contribution in [1.82, 2.24) is 24.6 Å². The van der Waals surface area contributed by atoms with E-state index in [1.165, 1.54) is 17.2 Å². The van der Waals surface area contributed by atoms with Crippen LogP contribution in [0, 0.1) is 0 Å². The molecule has 0 spiro atoms. The molecule has 3 heterocycles. The third kappa shape index (κ3) is 2.64. The molecule has 7 heteroatoms. The molecule has 0 aromatic carbocycles. The zero-order chi connectivity index (χ0) is 14.9. The zero-order valence-electron chi connectivity index (χ0n) is 11.8. The normalized spacial score (nSPS) is 16.6. The van der Waals surface area contributed by atoms with Crippen molar-refractivity contribution in [2.24, 2.45) is 0 Å². The molecule has 1 saturated heterocycles. The molecule has 1 aliphatic rings. The summed E-state index contributed by atoms with van der Waals surface area (Å²) in [5.74, 6) is 0.503. The fraction of sp³-hybridized carbons (Fsp3) is 0.429. The molecule has 0 atom stereocenters. The fourth-order valence-electron chi connectivity index (χ4n) is 2.59. The first kappa shape index (κ1) is 13.7. The number of carbonyl (C=O) groups excluding carboxylic acids is 1. The van der Waals surface area contributed by atoms with Crippen LogP contribution in [-0.4, -0.2) is 54.4 Å². The third-order valence-electron chi connectivity index (χ3n) is 3.62. The highest BCUT2D eigenvalue weighted by Gasteiger charge is 2.42. The molecule has 1 fully saturated rings. The van der Waals surface area contributed by atoms with Gasteiger partial charge in [0.05, 0.1) is 24.3 Å². The van der Waals surface area contributed by atoms with Gasteiger partial charge in [-0.15, -0.1) is 0 Å². The molecule has 7 nitrogen and oxygen atoms in total. The largest absolute Gasteiger partial charge is 0.386 e. The lowest BCUT2D eigenvalue weighted by atomic mass is 9.89. The van der Waals surface area contributed by atoms with Gasteiger partial charge in [0.2, 0.25) is 0 Å². The Hall–Kier alpha value is -2.28. The lowest BCUT2D eigenvalue weighted by Gasteiger charge is -2.46. The quantitative estimate of drug-likeness (QED) is 0.892. The Balaban J connectivity index is 1.67. The number of nitrogens with zero attached hydrogens (tertiary/aromatic N) is 5. The number of aromatic nitrogens is 4. The molecule has 110 valence electrons. The molecule has 2 aromatic heterocycles. The summed E-state index contributed by atoms with van der Waals surface area (Å²) in [6.45, 7) is 2.81. The minimum atomic E-state index is -0.710. The third-order valence-corrected chi connectivity index (χ3v) is 3.62. The summed E-state index contributed by atoms with van der Waals surface area (Å²) in [4.78, 5) is 22.0. The summed E-state index contributed by atoms with van der Waals surface area (Å²) in [6.07, 6.45) is 6.13. The summed E-state index contributed by atoms with van der Waals surface area (Å²) in [5, 5.41) is 14.1. The van der Waals surface area contributed by atoms with Crippen molar-refractivity contribution in [2.75, 3.05) is 13.1 Å². The van der Waals surface area contributed by atoms with E-state index in [2.05, 4.69) is 15.1 Å². The summed E-state index contributed by atoms with van der Waals surface area (Å²) >= 11 is 0. The van der Waals surface area contributed by atoms with Crippen molar-refractivity contribution in [3.63, 3.8) is 0 Å². The maximum atomic E-state index is 12.3. The van der Waals surface area contributed by atoms with Crippen molar-refractivity contribution < 1.29 is 9.90 Å². The number of rotatable bonds is 4. The molecule has 0 saturated carbocycles. The van der Waals surface area contributed by atoms with Gasteiger partial charge in [0.25, 0.3) is 5.91 Å². The zero-order valence-corrected chi connectivity index (χ0v) is 11.8. The van der Waals surface area contributed by atoms with Gasteiger partial charge in [-0.2, -0.15) is 5.10 Å². The summed E-state index contributed by atoms with van der Waals surface area (Å²) in [6, 6.07) is 3.43. The van der Waals surface area contributed by atoms with Crippen LogP contribution in [0.15, 0.2) is 31.0 Å². The average Bonchev–Trinajstić information content (AvgIpc) is 2.98. The predicted molar refractivity (Wildman–Crippen MR) is 74.9 cm³/mol. The molecule has 3 rings (SSSR count). The van der Waals surface area contributed by atoms with Crippen LogP contribution in [-0.2, 0) is 0 Å². The van der Waals surface area contributed by atoms with Gasteiger partial charge < -0.3 is 10.0 Å². The fourth-order valence-corrected chi connectivity index (χ4v) is 2.59. The minimum Gasteiger partial charge on any atom is -0.386 e. The molecule has 1 N–H and O–H groups in total. The summed E-state index contributed by atoms with van der Waals surface area (Å²) < 4.78 is 1.53. The van der Waals surface area contributed by atoms with Gasteiger partial charge in [0.1, 0.15) is 12.7 Å². The topological polar surface area (TPSA) is 84.1 Å². The van der Waals surface area contributed by atoms with Crippen LogP contribution >= 0.6 is 0 Å². The summed E-state index contributed by atoms with van der Waals surface area (Å²) in [7, 11) is 0. The van der Waals surface area contributed by atoms with Gasteiger partial charge in [-0.05, 0) is 18.6 Å². The smallest absolute Gasteiger partial charge is 0.255 e. The Morgan fingerprint density at radius 3 is 2.81 bits per heavy atom. The first-order valence-corrected chi connectivity index (χ1v) is 6.94. The van der Waals surface area contributed by atoms with Gasteiger partial charge in [-0.1, -0.05) is 13.3 Å². The van der Waals surface area contributed by atoms with Crippen molar-refractivity contribution in [3.8, 4) is 5.82 Å². The maximum Gasteiger partial charge on any atom is 0.255 e. The van der Waals surface area contributed by atoms with Crippen molar-refractivity contribution in [1.29, 1.82) is 0 Å². The molecule has 0 unspecified atom stereocenters. The lowest BCUT2D eigenvalue weighted by Crippen LogP contribution is -2.63. The van der Waals surface area contributed by atoms with Gasteiger partial charge in [0.15, 0.2) is 5.82 Å². The van der Waals surface area contributed by atoms with E-state index < -0.39 is 5.60 Å². The predicted octanol–water partition coefficient (Wildman–Crippen LogP) is 0.649.